The van der Waals surface area contributed by atoms with Gasteiger partial charge in [0.2, 0.25) is 0 Å². The smallest absolute Gasteiger partial charge is 0.183 e. The second-order valence-corrected chi connectivity index (χ2v) is 10.3. The predicted molar refractivity (Wildman–Crippen MR) is 172 cm³/mol. The molecule has 6 aromatic carbocycles. The maximum atomic E-state index is 5.09. The normalized spacial score (nSPS) is 11.3. The van der Waals surface area contributed by atoms with Crippen molar-refractivity contribution in [3.63, 3.8) is 0 Å². The molecule has 0 amide bonds. The molecule has 0 radical (unpaired) electrons. The molecule has 8 rings (SSSR count). The fraction of sp³-hybridized carbons (Fsp3) is 0. The molecule has 0 unspecified atom stereocenters. The van der Waals surface area contributed by atoms with E-state index in [1.54, 1.807) is 0 Å². The zero-order valence-electron chi connectivity index (χ0n) is 22.6. The molecule has 0 spiro atoms. The minimum absolute atomic E-state index is 0.552. The standard InChI is InChI=1S/C38H24N4/c1-2-10-25(11-3-1)26-18-20-28(21-19-26)36-40-37(42-38(41-36)35-31-15-7-4-12-27(31)22-23-39-35)34-24-29-13-5-6-14-30(29)32-16-8-9-17-33(32)34/h1-24H. The highest BCUT2D eigenvalue weighted by molar-refractivity contribution is 6.13. The van der Waals surface area contributed by atoms with Crippen LogP contribution in [0.3, 0.4) is 0 Å². The van der Waals surface area contributed by atoms with E-state index in [4.69, 9.17) is 19.9 Å². The van der Waals surface area contributed by atoms with Crippen molar-refractivity contribution in [3.05, 3.63) is 146 Å². The highest BCUT2D eigenvalue weighted by Gasteiger charge is 2.17. The van der Waals surface area contributed by atoms with Gasteiger partial charge in [-0.25, -0.2) is 15.0 Å². The Balaban J connectivity index is 1.38. The van der Waals surface area contributed by atoms with Crippen LogP contribution in [0.2, 0.25) is 0 Å². The first-order valence-electron chi connectivity index (χ1n) is 14.0. The number of fused-ring (bicyclic) bond motifs is 4. The first kappa shape index (κ1) is 24.1. The van der Waals surface area contributed by atoms with Gasteiger partial charge in [-0.1, -0.05) is 127 Å². The van der Waals surface area contributed by atoms with Crippen LogP contribution < -0.4 is 0 Å². The molecule has 0 fully saturated rings. The average Bonchev–Trinajstić information content (AvgIpc) is 3.08. The summed E-state index contributed by atoms with van der Waals surface area (Å²) in [5, 5.41) is 6.72. The number of aromatic nitrogens is 4. The van der Waals surface area contributed by atoms with Crippen LogP contribution >= 0.6 is 0 Å². The van der Waals surface area contributed by atoms with E-state index >= 15 is 0 Å². The number of nitrogens with zero attached hydrogens (tertiary/aromatic N) is 4. The van der Waals surface area contributed by atoms with Crippen LogP contribution in [0.1, 0.15) is 0 Å². The van der Waals surface area contributed by atoms with Gasteiger partial charge >= 0.3 is 0 Å². The fourth-order valence-electron chi connectivity index (χ4n) is 5.71. The van der Waals surface area contributed by atoms with Crippen molar-refractivity contribution in [1.29, 1.82) is 0 Å². The molecule has 0 saturated carbocycles. The average molecular weight is 537 g/mol. The zero-order valence-corrected chi connectivity index (χ0v) is 22.6. The van der Waals surface area contributed by atoms with Crippen LogP contribution in [-0.4, -0.2) is 19.9 Å². The molecule has 0 aliphatic carbocycles. The molecule has 2 heterocycles. The lowest BCUT2D eigenvalue weighted by atomic mass is 9.97. The minimum atomic E-state index is 0.552. The molecule has 4 heteroatoms. The van der Waals surface area contributed by atoms with Crippen molar-refractivity contribution in [2.45, 2.75) is 0 Å². The van der Waals surface area contributed by atoms with E-state index in [2.05, 4.69) is 115 Å². The Morgan fingerprint density at radius 3 is 1.74 bits per heavy atom. The van der Waals surface area contributed by atoms with E-state index in [9.17, 15) is 0 Å². The van der Waals surface area contributed by atoms with Gasteiger partial charge in [0.1, 0.15) is 5.69 Å². The summed E-state index contributed by atoms with van der Waals surface area (Å²) in [6, 6.07) is 48.1. The molecule has 2 aromatic heterocycles. The summed E-state index contributed by atoms with van der Waals surface area (Å²) in [4.78, 5) is 19.9. The summed E-state index contributed by atoms with van der Waals surface area (Å²) in [5.41, 5.74) is 4.94. The van der Waals surface area contributed by atoms with Gasteiger partial charge in [0.15, 0.2) is 17.5 Å². The van der Waals surface area contributed by atoms with Crippen molar-refractivity contribution >= 4 is 32.3 Å². The van der Waals surface area contributed by atoms with Gasteiger partial charge in [-0.15, -0.1) is 0 Å². The molecule has 0 atom stereocenters. The largest absolute Gasteiger partial charge is 0.252 e. The SMILES string of the molecule is c1ccc(-c2ccc(-c3nc(-c4nccc5ccccc45)nc(-c4cc5ccccc5c5ccccc45)n3)cc2)cc1. The molecular weight excluding hydrogens is 512 g/mol. The monoisotopic (exact) mass is 536 g/mol. The first-order valence-corrected chi connectivity index (χ1v) is 14.0. The Labute approximate surface area is 243 Å². The van der Waals surface area contributed by atoms with E-state index in [0.717, 1.165) is 43.9 Å². The molecule has 0 N–H and O–H groups in total. The topological polar surface area (TPSA) is 51.6 Å². The van der Waals surface area contributed by atoms with Crippen LogP contribution in [0.4, 0.5) is 0 Å². The molecular formula is C38H24N4. The van der Waals surface area contributed by atoms with Crippen LogP contribution in [0, 0.1) is 0 Å². The van der Waals surface area contributed by atoms with E-state index in [0.29, 0.717) is 17.5 Å². The maximum Gasteiger partial charge on any atom is 0.183 e. The first-order chi connectivity index (χ1) is 20.8. The van der Waals surface area contributed by atoms with Gasteiger partial charge in [0, 0.05) is 22.7 Å². The lowest BCUT2D eigenvalue weighted by molar-refractivity contribution is 1.07. The molecule has 0 aliphatic rings. The summed E-state index contributed by atoms with van der Waals surface area (Å²) in [6.45, 7) is 0. The van der Waals surface area contributed by atoms with Crippen LogP contribution in [0.25, 0.3) is 77.7 Å². The minimum Gasteiger partial charge on any atom is -0.252 e. The summed E-state index contributed by atoms with van der Waals surface area (Å²) in [6.07, 6.45) is 1.82. The number of hydrogen-bond acceptors (Lipinski definition) is 4. The third-order valence-electron chi connectivity index (χ3n) is 7.78. The van der Waals surface area contributed by atoms with Crippen LogP contribution in [0.5, 0.6) is 0 Å². The van der Waals surface area contributed by atoms with E-state index in [-0.39, 0.29) is 0 Å². The summed E-state index contributed by atoms with van der Waals surface area (Å²) < 4.78 is 0. The Morgan fingerprint density at radius 2 is 0.929 bits per heavy atom. The van der Waals surface area contributed by atoms with Gasteiger partial charge in [0.05, 0.1) is 0 Å². The predicted octanol–water partition coefficient (Wildman–Crippen LogP) is 9.39. The third kappa shape index (κ3) is 4.18. The van der Waals surface area contributed by atoms with Crippen LogP contribution in [0.15, 0.2) is 146 Å². The Morgan fingerprint density at radius 1 is 0.357 bits per heavy atom. The van der Waals surface area contributed by atoms with Crippen molar-refractivity contribution in [2.24, 2.45) is 0 Å². The summed E-state index contributed by atoms with van der Waals surface area (Å²) in [5.74, 6) is 1.79. The highest BCUT2D eigenvalue weighted by atomic mass is 15.0. The number of rotatable bonds is 4. The molecule has 0 aliphatic heterocycles. The second-order valence-electron chi connectivity index (χ2n) is 10.3. The molecule has 8 aromatic rings. The van der Waals surface area contributed by atoms with E-state index in [1.165, 1.54) is 16.3 Å². The van der Waals surface area contributed by atoms with Crippen LogP contribution in [-0.2, 0) is 0 Å². The van der Waals surface area contributed by atoms with Crippen molar-refractivity contribution in [2.75, 3.05) is 0 Å². The molecule has 196 valence electrons. The fourth-order valence-corrected chi connectivity index (χ4v) is 5.71. The second kappa shape index (κ2) is 10.0. The lowest BCUT2D eigenvalue weighted by Gasteiger charge is -2.13. The van der Waals surface area contributed by atoms with Gasteiger partial charge in [-0.3, -0.25) is 4.98 Å². The Bertz CT molecular complexity index is 2230. The van der Waals surface area contributed by atoms with Crippen molar-refractivity contribution in [3.8, 4) is 45.4 Å². The Hall–Kier alpha value is -5.74. The third-order valence-corrected chi connectivity index (χ3v) is 7.78. The number of benzene rings is 6. The number of pyridine rings is 1. The zero-order chi connectivity index (χ0) is 27.9. The van der Waals surface area contributed by atoms with Crippen molar-refractivity contribution in [1.82, 2.24) is 19.9 Å². The van der Waals surface area contributed by atoms with Gasteiger partial charge in [-0.2, -0.15) is 0 Å². The number of hydrogen-bond donors (Lipinski definition) is 0. The molecule has 0 bridgehead atoms. The molecule has 4 nitrogen and oxygen atoms in total. The maximum absolute atomic E-state index is 5.09. The van der Waals surface area contributed by atoms with Gasteiger partial charge in [0.25, 0.3) is 0 Å². The summed E-state index contributed by atoms with van der Waals surface area (Å²) in [7, 11) is 0. The van der Waals surface area contributed by atoms with E-state index in [1.807, 2.05) is 30.5 Å². The Kier molecular flexibility index (Phi) is 5.75. The highest BCUT2D eigenvalue weighted by Crippen LogP contribution is 2.35. The van der Waals surface area contributed by atoms with Gasteiger partial charge in [-0.05, 0) is 50.2 Å². The van der Waals surface area contributed by atoms with E-state index < -0.39 is 0 Å². The molecule has 0 saturated heterocycles. The quantitative estimate of drug-likeness (QED) is 0.210. The summed E-state index contributed by atoms with van der Waals surface area (Å²) >= 11 is 0. The lowest BCUT2D eigenvalue weighted by Crippen LogP contribution is -2.02. The van der Waals surface area contributed by atoms with Gasteiger partial charge < -0.3 is 0 Å². The van der Waals surface area contributed by atoms with Crippen molar-refractivity contribution < 1.29 is 0 Å². The molecule has 42 heavy (non-hydrogen) atoms.